The van der Waals surface area contributed by atoms with Gasteiger partial charge in [-0.25, -0.2) is 9.69 Å². The average Bonchev–Trinajstić information content (AvgIpc) is 3.20. The summed E-state index contributed by atoms with van der Waals surface area (Å²) >= 11 is 5.91. The highest BCUT2D eigenvalue weighted by Crippen LogP contribution is 2.38. The number of hydrogen-bond donors (Lipinski definition) is 0. The highest BCUT2D eigenvalue weighted by Gasteiger charge is 2.59. The van der Waals surface area contributed by atoms with Crippen LogP contribution in [0.4, 0.5) is 11.4 Å². The Morgan fingerprint density at radius 1 is 1.00 bits per heavy atom. The quantitative estimate of drug-likeness (QED) is 0.587. The summed E-state index contributed by atoms with van der Waals surface area (Å²) in [5, 5.41) is 6.18. The van der Waals surface area contributed by atoms with Gasteiger partial charge in [-0.15, -0.1) is 0 Å². The van der Waals surface area contributed by atoms with Gasteiger partial charge in [-0.05, 0) is 43.3 Å². The molecule has 0 aromatic heterocycles. The number of carbonyl (C=O) groups is 3. The molecule has 142 valence electrons. The van der Waals surface area contributed by atoms with Gasteiger partial charge in [0.1, 0.15) is 12.0 Å². The second-order valence-corrected chi connectivity index (χ2v) is 7.00. The molecule has 1 fully saturated rings. The Kier molecular flexibility index (Phi) is 4.39. The van der Waals surface area contributed by atoms with Crippen LogP contribution in [0.15, 0.2) is 53.6 Å². The molecule has 1 saturated heterocycles. The van der Waals surface area contributed by atoms with Gasteiger partial charge in [-0.1, -0.05) is 29.3 Å². The van der Waals surface area contributed by atoms with E-state index in [-0.39, 0.29) is 5.71 Å². The van der Waals surface area contributed by atoms with Gasteiger partial charge in [0, 0.05) is 5.02 Å². The molecular formula is C20H16ClN3O4. The number of esters is 1. The van der Waals surface area contributed by atoms with E-state index >= 15 is 0 Å². The lowest BCUT2D eigenvalue weighted by Gasteiger charge is -2.22. The number of anilines is 2. The summed E-state index contributed by atoms with van der Waals surface area (Å²) in [5.74, 6) is -2.74. The van der Waals surface area contributed by atoms with Crippen LogP contribution in [0, 0.1) is 12.8 Å². The van der Waals surface area contributed by atoms with Gasteiger partial charge in [0.05, 0.1) is 18.5 Å². The zero-order chi connectivity index (χ0) is 20.0. The number of imide groups is 1. The van der Waals surface area contributed by atoms with E-state index < -0.39 is 29.7 Å². The zero-order valence-electron chi connectivity index (χ0n) is 15.1. The number of halogens is 1. The van der Waals surface area contributed by atoms with Crippen molar-refractivity contribution < 1.29 is 19.1 Å². The number of nitrogens with zero attached hydrogens (tertiary/aromatic N) is 3. The molecule has 28 heavy (non-hydrogen) atoms. The molecule has 0 N–H and O–H groups in total. The first-order chi connectivity index (χ1) is 13.4. The van der Waals surface area contributed by atoms with Crippen molar-refractivity contribution in [1.29, 1.82) is 0 Å². The van der Waals surface area contributed by atoms with Crippen LogP contribution >= 0.6 is 11.6 Å². The summed E-state index contributed by atoms with van der Waals surface area (Å²) in [6.07, 6.45) is 0. The van der Waals surface area contributed by atoms with Crippen LogP contribution in [-0.2, 0) is 19.1 Å². The molecule has 0 bridgehead atoms. The second-order valence-electron chi connectivity index (χ2n) is 6.57. The Morgan fingerprint density at radius 3 is 2.21 bits per heavy atom. The third-order valence-electron chi connectivity index (χ3n) is 4.83. The van der Waals surface area contributed by atoms with E-state index in [0.717, 1.165) is 10.5 Å². The molecule has 0 radical (unpaired) electrons. The van der Waals surface area contributed by atoms with Crippen molar-refractivity contribution in [2.24, 2.45) is 11.0 Å². The predicted molar refractivity (Wildman–Crippen MR) is 104 cm³/mol. The molecule has 2 aliphatic heterocycles. The van der Waals surface area contributed by atoms with Gasteiger partial charge in [0.25, 0.3) is 5.91 Å². The smallest absolute Gasteiger partial charge is 0.355 e. The average molecular weight is 398 g/mol. The maximum Gasteiger partial charge on any atom is 0.355 e. The van der Waals surface area contributed by atoms with Crippen molar-refractivity contribution in [3.63, 3.8) is 0 Å². The number of methoxy groups -OCH3 is 1. The van der Waals surface area contributed by atoms with Crippen molar-refractivity contribution in [3.05, 3.63) is 59.1 Å². The lowest BCUT2D eigenvalue weighted by Crippen LogP contribution is -2.39. The predicted octanol–water partition coefficient (Wildman–Crippen LogP) is 2.56. The van der Waals surface area contributed by atoms with E-state index in [1.54, 1.807) is 36.4 Å². The summed E-state index contributed by atoms with van der Waals surface area (Å²) in [6.45, 7) is 1.94. The Hall–Kier alpha value is -3.19. The Bertz CT molecular complexity index is 1000. The van der Waals surface area contributed by atoms with E-state index in [2.05, 4.69) is 5.10 Å². The molecule has 2 aromatic rings. The maximum absolute atomic E-state index is 13.2. The monoisotopic (exact) mass is 397 g/mol. The molecule has 7 nitrogen and oxygen atoms in total. The highest BCUT2D eigenvalue weighted by molar-refractivity contribution is 6.47. The minimum absolute atomic E-state index is 0.0807. The van der Waals surface area contributed by atoms with Gasteiger partial charge in [-0.3, -0.25) is 14.6 Å². The molecule has 2 aliphatic rings. The molecular weight excluding hydrogens is 382 g/mol. The maximum atomic E-state index is 13.2. The molecule has 2 heterocycles. The number of carbonyl (C=O) groups excluding carboxylic acids is 3. The van der Waals surface area contributed by atoms with E-state index in [9.17, 15) is 14.4 Å². The molecule has 0 unspecified atom stereocenters. The fourth-order valence-corrected chi connectivity index (χ4v) is 3.57. The molecule has 0 saturated carbocycles. The van der Waals surface area contributed by atoms with Gasteiger partial charge < -0.3 is 4.74 Å². The summed E-state index contributed by atoms with van der Waals surface area (Å²) in [7, 11) is 1.21. The lowest BCUT2D eigenvalue weighted by molar-refractivity contribution is -0.133. The van der Waals surface area contributed by atoms with Crippen molar-refractivity contribution >= 4 is 46.5 Å². The molecule has 2 amide bonds. The number of hydrazone groups is 1. The molecule has 2 atom stereocenters. The number of amides is 2. The first kappa shape index (κ1) is 18.2. The Balaban J connectivity index is 1.79. The van der Waals surface area contributed by atoms with Gasteiger partial charge in [0.15, 0.2) is 5.71 Å². The molecule has 4 rings (SSSR count). The molecule has 8 heteroatoms. The highest BCUT2D eigenvalue weighted by atomic mass is 35.5. The summed E-state index contributed by atoms with van der Waals surface area (Å²) in [4.78, 5) is 39.6. The van der Waals surface area contributed by atoms with E-state index in [1.807, 2.05) is 19.1 Å². The molecule has 2 aromatic carbocycles. The van der Waals surface area contributed by atoms with Gasteiger partial charge in [0.2, 0.25) is 5.91 Å². The Labute approximate surface area is 166 Å². The number of fused-ring (bicyclic) bond motifs is 1. The number of benzene rings is 2. The van der Waals surface area contributed by atoms with Gasteiger partial charge >= 0.3 is 5.97 Å². The van der Waals surface area contributed by atoms with E-state index in [4.69, 9.17) is 16.3 Å². The summed E-state index contributed by atoms with van der Waals surface area (Å²) < 4.78 is 4.79. The number of aryl methyl sites for hydroxylation is 1. The van der Waals surface area contributed by atoms with Crippen molar-refractivity contribution in [2.45, 2.75) is 13.0 Å². The van der Waals surface area contributed by atoms with Crippen LogP contribution in [0.5, 0.6) is 0 Å². The topological polar surface area (TPSA) is 79.3 Å². The lowest BCUT2D eigenvalue weighted by atomic mass is 9.97. The summed E-state index contributed by atoms with van der Waals surface area (Å²) in [5.41, 5.74) is 1.96. The van der Waals surface area contributed by atoms with Crippen LogP contribution in [0.25, 0.3) is 0 Å². The fourth-order valence-electron chi connectivity index (χ4n) is 3.44. The molecule has 0 spiro atoms. The number of hydrogen-bond acceptors (Lipinski definition) is 6. The van der Waals surface area contributed by atoms with Crippen LogP contribution in [-0.4, -0.2) is 36.6 Å². The minimum atomic E-state index is -1.03. The normalized spacial score (nSPS) is 21.0. The van der Waals surface area contributed by atoms with Crippen LogP contribution < -0.4 is 9.91 Å². The van der Waals surface area contributed by atoms with Crippen LogP contribution in [0.3, 0.4) is 0 Å². The van der Waals surface area contributed by atoms with Crippen molar-refractivity contribution in [3.8, 4) is 0 Å². The number of ether oxygens (including phenoxy) is 1. The van der Waals surface area contributed by atoms with Gasteiger partial charge in [-0.2, -0.15) is 5.10 Å². The number of rotatable bonds is 3. The standard InChI is InChI=1S/C20H16ClN3O4/c1-11-3-7-14(8-4-11)24-17-15(16(22-24)20(27)28-2)18(25)23(19(17)26)13-9-5-12(21)6-10-13/h3-10,15,17H,1-2H3/t15-,17+/m0/s1. The van der Waals surface area contributed by atoms with Crippen LogP contribution in [0.2, 0.25) is 5.02 Å². The zero-order valence-corrected chi connectivity index (χ0v) is 15.9. The summed E-state index contributed by atoms with van der Waals surface area (Å²) in [6, 6.07) is 12.7. The van der Waals surface area contributed by atoms with Crippen LogP contribution in [0.1, 0.15) is 5.56 Å². The molecule has 0 aliphatic carbocycles. The minimum Gasteiger partial charge on any atom is -0.464 e. The first-order valence-corrected chi connectivity index (χ1v) is 8.96. The van der Waals surface area contributed by atoms with E-state index in [0.29, 0.717) is 16.4 Å². The van der Waals surface area contributed by atoms with E-state index in [1.165, 1.54) is 12.1 Å². The Morgan fingerprint density at radius 2 is 1.61 bits per heavy atom. The first-order valence-electron chi connectivity index (χ1n) is 8.58. The largest absolute Gasteiger partial charge is 0.464 e. The van der Waals surface area contributed by atoms with Crippen molar-refractivity contribution in [2.75, 3.05) is 17.0 Å². The third kappa shape index (κ3) is 2.75. The second kappa shape index (κ2) is 6.76. The third-order valence-corrected chi connectivity index (χ3v) is 5.08. The SMILES string of the molecule is COC(=O)C1=NN(c2ccc(C)cc2)[C@H]2C(=O)N(c3ccc(Cl)cc3)C(=O)[C@@H]12. The fraction of sp³-hybridized carbons (Fsp3) is 0.200. The van der Waals surface area contributed by atoms with Crippen molar-refractivity contribution in [1.82, 2.24) is 0 Å².